The highest BCUT2D eigenvalue weighted by Gasteiger charge is 2.35. The maximum absolute atomic E-state index is 13.2. The first-order valence-electron chi connectivity index (χ1n) is 7.86. The van der Waals surface area contributed by atoms with Crippen LogP contribution in [0.2, 0.25) is 0 Å². The quantitative estimate of drug-likeness (QED) is 0.666. The van der Waals surface area contributed by atoms with Crippen molar-refractivity contribution in [2.45, 2.75) is 26.6 Å². The molecule has 3 aromatic rings. The zero-order chi connectivity index (χ0) is 20.6. The molecule has 0 fully saturated rings. The number of ether oxygens (including phenoxy) is 1. The molecule has 148 valence electrons. The van der Waals surface area contributed by atoms with Gasteiger partial charge in [0.15, 0.2) is 11.3 Å². The Balaban J connectivity index is 1.97. The molecule has 0 radical (unpaired) electrons. The van der Waals surface area contributed by atoms with Crippen molar-refractivity contribution in [3.63, 3.8) is 0 Å². The molecule has 0 aliphatic rings. The molecule has 6 nitrogen and oxygen atoms in total. The van der Waals surface area contributed by atoms with Crippen molar-refractivity contribution < 1.29 is 31.5 Å². The average Bonchev–Trinajstić information content (AvgIpc) is 2.98. The second-order valence-corrected chi connectivity index (χ2v) is 5.91. The van der Waals surface area contributed by atoms with E-state index in [0.29, 0.717) is 10.1 Å². The van der Waals surface area contributed by atoms with Gasteiger partial charge in [-0.25, -0.2) is 9.50 Å². The average molecular weight is 400 g/mol. The molecule has 0 aliphatic heterocycles. The Morgan fingerprint density at radius 1 is 1.18 bits per heavy atom. The summed E-state index contributed by atoms with van der Waals surface area (Å²) in [6.07, 6.45) is -4.71. The Morgan fingerprint density at radius 2 is 1.89 bits per heavy atom. The molecule has 2 heterocycles. The molecule has 0 aliphatic carbocycles. The predicted octanol–water partition coefficient (Wildman–Crippen LogP) is 4.22. The second-order valence-electron chi connectivity index (χ2n) is 5.91. The summed E-state index contributed by atoms with van der Waals surface area (Å²) in [7, 11) is 0. The van der Waals surface area contributed by atoms with E-state index in [2.05, 4.69) is 20.1 Å². The first-order chi connectivity index (χ1) is 13.0. The van der Waals surface area contributed by atoms with Gasteiger partial charge in [-0.2, -0.15) is 27.1 Å². The lowest BCUT2D eigenvalue weighted by Crippen LogP contribution is -2.16. The van der Waals surface area contributed by atoms with Crippen LogP contribution in [0.3, 0.4) is 0 Å². The Labute approximate surface area is 154 Å². The molecule has 0 spiro atoms. The highest BCUT2D eigenvalue weighted by Crippen LogP contribution is 2.30. The van der Waals surface area contributed by atoms with Gasteiger partial charge >= 0.3 is 12.8 Å². The molecule has 0 saturated carbocycles. The van der Waals surface area contributed by atoms with Crippen molar-refractivity contribution >= 4 is 17.2 Å². The Morgan fingerprint density at radius 3 is 2.54 bits per heavy atom. The fourth-order valence-corrected chi connectivity index (χ4v) is 2.53. The smallest absolute Gasteiger partial charge is 0.433 e. The van der Waals surface area contributed by atoms with Crippen LogP contribution in [0.25, 0.3) is 5.65 Å². The number of alkyl halides is 5. The monoisotopic (exact) mass is 400 g/mol. The molecule has 11 heteroatoms. The van der Waals surface area contributed by atoms with Gasteiger partial charge in [0.1, 0.15) is 11.4 Å². The second kappa shape index (κ2) is 7.06. The van der Waals surface area contributed by atoms with E-state index < -0.39 is 24.4 Å². The van der Waals surface area contributed by atoms with Gasteiger partial charge in [0.05, 0.1) is 5.69 Å². The number of aromatic nitrogens is 3. The Kier molecular flexibility index (Phi) is 4.92. The Bertz CT molecular complexity index is 1050. The number of anilines is 1. The summed E-state index contributed by atoms with van der Waals surface area (Å²) < 4.78 is 69.6. The number of halogens is 5. The largest absolute Gasteiger partial charge is 0.433 e. The minimum atomic E-state index is -4.71. The standard InChI is InChI=1S/C17H13F5N4O2/c1-8-3-4-10(12(5-8)28-16(18)19)24-15(27)11-7-14-23-9(2)6-13(17(20,21)22)26(14)25-11/h3-7,16H,1-2H3,(H,24,27). The number of fused-ring (bicyclic) bond motifs is 1. The summed E-state index contributed by atoms with van der Waals surface area (Å²) >= 11 is 0. The van der Waals surface area contributed by atoms with E-state index >= 15 is 0 Å². The highest BCUT2D eigenvalue weighted by molar-refractivity contribution is 6.04. The predicted molar refractivity (Wildman–Crippen MR) is 88.5 cm³/mol. The lowest BCUT2D eigenvalue weighted by Gasteiger charge is -2.12. The van der Waals surface area contributed by atoms with Crippen LogP contribution < -0.4 is 10.1 Å². The number of hydrogen-bond acceptors (Lipinski definition) is 4. The van der Waals surface area contributed by atoms with Crippen LogP contribution in [0, 0.1) is 13.8 Å². The molecule has 0 saturated heterocycles. The van der Waals surface area contributed by atoms with Crippen LogP contribution in [0.4, 0.5) is 27.6 Å². The molecule has 28 heavy (non-hydrogen) atoms. The number of rotatable bonds is 4. The van der Waals surface area contributed by atoms with E-state index in [1.807, 2.05) is 0 Å². The zero-order valence-electron chi connectivity index (χ0n) is 14.5. The van der Waals surface area contributed by atoms with Gasteiger partial charge in [0.25, 0.3) is 5.91 Å². The molecular formula is C17H13F5N4O2. The summed E-state index contributed by atoms with van der Waals surface area (Å²) in [5, 5.41) is 5.97. The van der Waals surface area contributed by atoms with Gasteiger partial charge in [-0.1, -0.05) is 6.07 Å². The zero-order valence-corrected chi connectivity index (χ0v) is 14.5. The van der Waals surface area contributed by atoms with Crippen molar-refractivity contribution in [2.75, 3.05) is 5.32 Å². The first kappa shape index (κ1) is 19.5. The number of hydrogen-bond donors (Lipinski definition) is 1. The third-order valence-electron chi connectivity index (χ3n) is 3.68. The SMILES string of the molecule is Cc1ccc(NC(=O)c2cc3nc(C)cc(C(F)(F)F)n3n2)c(OC(F)F)c1. The van der Waals surface area contributed by atoms with E-state index in [1.165, 1.54) is 19.1 Å². The summed E-state index contributed by atoms with van der Waals surface area (Å²) in [5.74, 6) is -1.18. The fourth-order valence-electron chi connectivity index (χ4n) is 2.53. The number of nitrogens with zero attached hydrogens (tertiary/aromatic N) is 3. The number of carbonyl (C=O) groups excluding carboxylic acids is 1. The first-order valence-corrected chi connectivity index (χ1v) is 7.86. The number of aryl methyl sites for hydroxylation is 2. The Hall–Kier alpha value is -3.24. The van der Waals surface area contributed by atoms with Crippen molar-refractivity contribution in [3.05, 3.63) is 53.0 Å². The van der Waals surface area contributed by atoms with Crippen LogP contribution in [0.1, 0.15) is 27.4 Å². The third kappa shape index (κ3) is 4.02. The maximum Gasteiger partial charge on any atom is 0.433 e. The number of amides is 1. The summed E-state index contributed by atoms with van der Waals surface area (Å²) in [6, 6.07) is 6.04. The topological polar surface area (TPSA) is 68.5 Å². The fraction of sp³-hybridized carbons (Fsp3) is 0.235. The summed E-state index contributed by atoms with van der Waals surface area (Å²) in [5.41, 5.74) is -1.01. The van der Waals surface area contributed by atoms with Crippen LogP contribution in [-0.2, 0) is 6.18 Å². The maximum atomic E-state index is 13.2. The van der Waals surface area contributed by atoms with Crippen molar-refractivity contribution in [2.24, 2.45) is 0 Å². The van der Waals surface area contributed by atoms with Gasteiger partial charge in [0.2, 0.25) is 0 Å². The summed E-state index contributed by atoms with van der Waals surface area (Å²) in [6.45, 7) is -0.102. The molecule has 1 aromatic carbocycles. The van der Waals surface area contributed by atoms with Crippen LogP contribution >= 0.6 is 0 Å². The van der Waals surface area contributed by atoms with E-state index in [0.717, 1.165) is 12.1 Å². The molecular weight excluding hydrogens is 387 g/mol. The molecule has 0 atom stereocenters. The van der Waals surface area contributed by atoms with Crippen LogP contribution in [0.15, 0.2) is 30.3 Å². The number of nitrogens with one attached hydrogen (secondary N) is 1. The number of benzene rings is 1. The minimum Gasteiger partial charge on any atom is -0.433 e. The third-order valence-corrected chi connectivity index (χ3v) is 3.68. The highest BCUT2D eigenvalue weighted by atomic mass is 19.4. The van der Waals surface area contributed by atoms with Crippen molar-refractivity contribution in [1.29, 1.82) is 0 Å². The molecule has 3 rings (SSSR count). The minimum absolute atomic E-state index is 0.0758. The molecule has 0 bridgehead atoms. The van der Waals surface area contributed by atoms with Gasteiger partial charge in [-0.05, 0) is 37.6 Å². The van der Waals surface area contributed by atoms with Crippen molar-refractivity contribution in [1.82, 2.24) is 14.6 Å². The number of carbonyl (C=O) groups is 1. The van der Waals surface area contributed by atoms with Crippen LogP contribution in [-0.4, -0.2) is 27.1 Å². The lowest BCUT2D eigenvalue weighted by atomic mass is 10.2. The van der Waals surface area contributed by atoms with E-state index in [4.69, 9.17) is 0 Å². The van der Waals surface area contributed by atoms with Crippen LogP contribution in [0.5, 0.6) is 5.75 Å². The van der Waals surface area contributed by atoms with Crippen molar-refractivity contribution in [3.8, 4) is 5.75 Å². The van der Waals surface area contributed by atoms with Gasteiger partial charge in [-0.15, -0.1) is 0 Å². The summed E-state index contributed by atoms with van der Waals surface area (Å²) in [4.78, 5) is 16.3. The van der Waals surface area contributed by atoms with E-state index in [9.17, 15) is 26.7 Å². The van der Waals surface area contributed by atoms with Gasteiger partial charge in [-0.3, -0.25) is 4.79 Å². The normalized spacial score (nSPS) is 11.9. The van der Waals surface area contributed by atoms with Gasteiger partial charge in [0, 0.05) is 11.8 Å². The lowest BCUT2D eigenvalue weighted by molar-refractivity contribution is -0.142. The molecule has 1 amide bonds. The van der Waals surface area contributed by atoms with E-state index in [-0.39, 0.29) is 28.5 Å². The molecule has 1 N–H and O–H groups in total. The molecule has 2 aromatic heterocycles. The molecule has 0 unspecified atom stereocenters. The van der Waals surface area contributed by atoms with E-state index in [1.54, 1.807) is 13.0 Å². The van der Waals surface area contributed by atoms with Gasteiger partial charge < -0.3 is 10.1 Å².